The Morgan fingerprint density at radius 3 is 2.72 bits per heavy atom. The fourth-order valence-electron chi connectivity index (χ4n) is 2.27. The average molecular weight is 444 g/mol. The molecule has 0 aliphatic heterocycles. The largest absolute Gasteiger partial charge is 0.351 e. The molecule has 0 unspecified atom stereocenters. The van der Waals surface area contributed by atoms with Crippen molar-refractivity contribution in [1.29, 1.82) is 5.26 Å². The summed E-state index contributed by atoms with van der Waals surface area (Å²) in [6, 6.07) is 13.1. The molecule has 2 amide bonds. The molecule has 7 nitrogen and oxygen atoms in total. The van der Waals surface area contributed by atoms with Crippen molar-refractivity contribution >= 4 is 51.4 Å². The van der Waals surface area contributed by atoms with Crippen LogP contribution in [-0.2, 0) is 10.5 Å². The Morgan fingerprint density at radius 1 is 1.17 bits per heavy atom. The number of carbonyl (C=O) groups excluding carboxylic acids is 2. The second-order valence-electron chi connectivity index (χ2n) is 5.86. The van der Waals surface area contributed by atoms with Crippen LogP contribution < -0.4 is 10.6 Å². The third-order valence-electron chi connectivity index (χ3n) is 3.71. The lowest BCUT2D eigenvalue weighted by atomic mass is 10.2. The van der Waals surface area contributed by atoms with Gasteiger partial charge in [-0.05, 0) is 35.6 Å². The molecule has 29 heavy (non-hydrogen) atoms. The van der Waals surface area contributed by atoms with Crippen LogP contribution in [0.15, 0.2) is 46.1 Å². The number of hydrogen-bond donors (Lipinski definition) is 2. The number of hydrogen-bond acceptors (Lipinski definition) is 8. The number of carbonyl (C=O) groups is 2. The van der Waals surface area contributed by atoms with Gasteiger partial charge in [0.1, 0.15) is 0 Å². The van der Waals surface area contributed by atoms with Gasteiger partial charge in [-0.2, -0.15) is 5.26 Å². The van der Waals surface area contributed by atoms with Crippen LogP contribution in [-0.4, -0.2) is 28.6 Å². The molecule has 0 atom stereocenters. The third kappa shape index (κ3) is 6.67. The van der Waals surface area contributed by atoms with Gasteiger partial charge < -0.3 is 10.6 Å². The van der Waals surface area contributed by atoms with Crippen LogP contribution in [0, 0.1) is 11.3 Å². The molecule has 2 N–H and O–H groups in total. The van der Waals surface area contributed by atoms with E-state index >= 15 is 0 Å². The normalized spacial score (nSPS) is 10.3. The lowest BCUT2D eigenvalue weighted by Gasteiger charge is -2.03. The highest BCUT2D eigenvalue weighted by Gasteiger charge is 2.10. The summed E-state index contributed by atoms with van der Waals surface area (Å²) in [5.41, 5.74) is 1.71. The Morgan fingerprint density at radius 2 is 2.00 bits per heavy atom. The molecule has 10 heteroatoms. The first kappa shape index (κ1) is 21.0. The molecule has 0 spiro atoms. The molecule has 148 valence electrons. The predicted octanol–water partition coefficient (Wildman–Crippen LogP) is 3.91. The van der Waals surface area contributed by atoms with Crippen LogP contribution in [0.2, 0.25) is 0 Å². The summed E-state index contributed by atoms with van der Waals surface area (Å²) in [6.45, 7) is 0.436. The average Bonchev–Trinajstić information content (AvgIpc) is 3.42. The summed E-state index contributed by atoms with van der Waals surface area (Å²) in [5.74, 6) is 0.432. The number of thioether (sulfide) groups is 1. The van der Waals surface area contributed by atoms with Gasteiger partial charge in [0.25, 0.3) is 5.91 Å². The Kier molecular flexibility index (Phi) is 7.75. The van der Waals surface area contributed by atoms with Gasteiger partial charge in [0.2, 0.25) is 11.0 Å². The molecule has 3 rings (SSSR count). The number of anilines is 1. The molecule has 0 radical (unpaired) electrons. The van der Waals surface area contributed by atoms with Gasteiger partial charge in [0, 0.05) is 18.7 Å². The molecular formula is C19H17N5O2S3. The van der Waals surface area contributed by atoms with Crippen molar-refractivity contribution in [1.82, 2.24) is 15.5 Å². The van der Waals surface area contributed by atoms with Crippen molar-refractivity contribution in [3.05, 3.63) is 57.8 Å². The van der Waals surface area contributed by atoms with Crippen LogP contribution in [0.1, 0.15) is 33.6 Å². The maximum atomic E-state index is 12.0. The quantitative estimate of drug-likeness (QED) is 0.295. The van der Waals surface area contributed by atoms with Crippen molar-refractivity contribution in [2.24, 2.45) is 0 Å². The van der Waals surface area contributed by atoms with E-state index in [-0.39, 0.29) is 18.2 Å². The van der Waals surface area contributed by atoms with E-state index in [1.54, 1.807) is 18.2 Å². The van der Waals surface area contributed by atoms with Crippen LogP contribution >= 0.6 is 34.4 Å². The van der Waals surface area contributed by atoms with Crippen LogP contribution in [0.3, 0.4) is 0 Å². The van der Waals surface area contributed by atoms with Crippen molar-refractivity contribution in [2.45, 2.75) is 22.9 Å². The second kappa shape index (κ2) is 10.7. The van der Waals surface area contributed by atoms with Crippen LogP contribution in [0.25, 0.3) is 0 Å². The molecule has 2 heterocycles. The number of aromatic nitrogens is 2. The summed E-state index contributed by atoms with van der Waals surface area (Å²) in [4.78, 5) is 24.5. The monoisotopic (exact) mass is 443 g/mol. The van der Waals surface area contributed by atoms with Crippen LogP contribution in [0.5, 0.6) is 0 Å². The number of nitrogens with zero attached hydrogens (tertiary/aromatic N) is 3. The standard InChI is InChI=1S/C19H17N5O2S3/c20-11-13-5-7-14(8-6-13)12-28-19-24-23-18(29-19)22-16(25)4-1-9-21-17(26)15-3-2-10-27-15/h2-3,5-8,10H,1,4,9,12H2,(H,21,26)(H,22,23,25). The van der Waals surface area contributed by atoms with Gasteiger partial charge in [-0.25, -0.2) is 0 Å². The van der Waals surface area contributed by atoms with Crippen LogP contribution in [0.4, 0.5) is 5.13 Å². The summed E-state index contributed by atoms with van der Waals surface area (Å²) in [7, 11) is 0. The van der Waals surface area contributed by atoms with E-state index in [4.69, 9.17) is 5.26 Å². The zero-order valence-electron chi connectivity index (χ0n) is 15.3. The molecule has 1 aromatic carbocycles. The zero-order chi connectivity index (χ0) is 20.5. The topological polar surface area (TPSA) is 108 Å². The molecule has 0 saturated carbocycles. The molecule has 0 aliphatic carbocycles. The lowest BCUT2D eigenvalue weighted by molar-refractivity contribution is -0.116. The maximum absolute atomic E-state index is 12.0. The molecule has 2 aromatic heterocycles. The van der Waals surface area contributed by atoms with Gasteiger partial charge >= 0.3 is 0 Å². The van der Waals surface area contributed by atoms with E-state index in [0.717, 1.165) is 9.90 Å². The van der Waals surface area contributed by atoms with E-state index in [9.17, 15) is 9.59 Å². The number of benzene rings is 1. The number of thiophene rings is 1. The summed E-state index contributed by atoms with van der Waals surface area (Å²) in [5, 5.41) is 24.7. The molecule has 0 fully saturated rings. The minimum absolute atomic E-state index is 0.117. The van der Waals surface area contributed by atoms with Crippen molar-refractivity contribution in [3.63, 3.8) is 0 Å². The summed E-state index contributed by atoms with van der Waals surface area (Å²) in [6.07, 6.45) is 0.833. The molecule has 3 aromatic rings. The summed E-state index contributed by atoms with van der Waals surface area (Å²) < 4.78 is 0.757. The predicted molar refractivity (Wildman–Crippen MR) is 115 cm³/mol. The minimum atomic E-state index is -0.157. The smallest absolute Gasteiger partial charge is 0.261 e. The Hall–Kier alpha value is -2.74. The molecule has 0 bridgehead atoms. The first-order chi connectivity index (χ1) is 14.1. The maximum Gasteiger partial charge on any atom is 0.261 e. The van der Waals surface area contributed by atoms with E-state index < -0.39 is 0 Å². The highest BCUT2D eigenvalue weighted by atomic mass is 32.2. The van der Waals surface area contributed by atoms with Gasteiger partial charge in [-0.3, -0.25) is 9.59 Å². The highest BCUT2D eigenvalue weighted by molar-refractivity contribution is 8.00. The zero-order valence-corrected chi connectivity index (χ0v) is 17.7. The molecule has 0 aliphatic rings. The van der Waals surface area contributed by atoms with Gasteiger partial charge in [-0.1, -0.05) is 41.3 Å². The first-order valence-corrected chi connectivity index (χ1v) is 11.4. The summed E-state index contributed by atoms with van der Waals surface area (Å²) >= 11 is 4.22. The van der Waals surface area contributed by atoms with Gasteiger partial charge in [-0.15, -0.1) is 21.5 Å². The van der Waals surface area contributed by atoms with Gasteiger partial charge in [0.05, 0.1) is 16.5 Å². The van der Waals surface area contributed by atoms with E-state index in [1.807, 2.05) is 23.6 Å². The van der Waals surface area contributed by atoms with Crippen molar-refractivity contribution in [2.75, 3.05) is 11.9 Å². The van der Waals surface area contributed by atoms with Gasteiger partial charge in [0.15, 0.2) is 4.34 Å². The lowest BCUT2D eigenvalue weighted by Crippen LogP contribution is -2.24. The SMILES string of the molecule is N#Cc1ccc(CSc2nnc(NC(=O)CCCNC(=O)c3cccs3)s2)cc1. The highest BCUT2D eigenvalue weighted by Crippen LogP contribution is 2.28. The Bertz CT molecular complexity index is 994. The van der Waals surface area contributed by atoms with E-state index in [2.05, 4.69) is 26.9 Å². The third-order valence-corrected chi connectivity index (χ3v) is 6.62. The number of nitriles is 1. The molecule has 0 saturated heterocycles. The van der Waals surface area contributed by atoms with Crippen molar-refractivity contribution in [3.8, 4) is 6.07 Å². The van der Waals surface area contributed by atoms with E-state index in [1.165, 1.54) is 34.4 Å². The molecular weight excluding hydrogens is 426 g/mol. The van der Waals surface area contributed by atoms with E-state index in [0.29, 0.717) is 34.3 Å². The number of rotatable bonds is 9. The van der Waals surface area contributed by atoms with Crippen molar-refractivity contribution < 1.29 is 9.59 Å². The number of amides is 2. The second-order valence-corrected chi connectivity index (χ2v) is 9.00. The fourth-order valence-corrected chi connectivity index (χ4v) is 4.63. The number of nitrogens with one attached hydrogen (secondary N) is 2. The first-order valence-electron chi connectivity index (χ1n) is 8.71. The Labute approximate surface area is 180 Å². The Balaban J connectivity index is 1.36. The fraction of sp³-hybridized carbons (Fsp3) is 0.211. The minimum Gasteiger partial charge on any atom is -0.351 e.